The lowest BCUT2D eigenvalue weighted by atomic mass is 9.94. The van der Waals surface area contributed by atoms with E-state index in [-0.39, 0.29) is 0 Å². The van der Waals surface area contributed by atoms with Gasteiger partial charge in [-0.05, 0) is 46.5 Å². The molecular formula is C74H100O42. The van der Waals surface area contributed by atoms with Gasteiger partial charge in [-0.3, -0.25) is 9.59 Å². The number of rotatable bonds is 14. The van der Waals surface area contributed by atoms with Crippen molar-refractivity contribution in [1.29, 1.82) is 0 Å². The van der Waals surface area contributed by atoms with E-state index in [1.165, 1.54) is 13.8 Å². The molecule has 0 aliphatic carbocycles. The van der Waals surface area contributed by atoms with Crippen LogP contribution in [0.5, 0.6) is 0 Å². The molecule has 42 atom stereocenters. The average molecular weight is 1660 g/mol. The van der Waals surface area contributed by atoms with Crippen LogP contribution >= 0.6 is 0 Å². The normalized spacial score (nSPS) is 45.3. The molecule has 0 amide bonds. The van der Waals surface area contributed by atoms with Crippen molar-refractivity contribution in [3.05, 3.63) is 96.1 Å². The molecule has 0 spiro atoms. The Morgan fingerprint density at radius 1 is 0.259 bits per heavy atom. The number of aliphatic hydroxyl groups excluding tert-OH is 22. The van der Waals surface area contributed by atoms with Gasteiger partial charge in [0, 0.05) is 0 Å². The maximum atomic E-state index is 14.1. The minimum absolute atomic E-state index is 0.510. The summed E-state index contributed by atoms with van der Waals surface area (Å²) in [6.45, 7) is -5.56. The van der Waals surface area contributed by atoms with Crippen LogP contribution in [0.15, 0.2) is 84.9 Å². The monoisotopic (exact) mass is 1660 g/mol. The molecule has 30 heterocycles. The van der Waals surface area contributed by atoms with E-state index < -0.39 is 322 Å². The first kappa shape index (κ1) is 88.6. The van der Waals surface area contributed by atoms with Gasteiger partial charge >= 0.3 is 11.9 Å². The Bertz CT molecular complexity index is 3590. The fourth-order valence-electron chi connectivity index (χ4n) is 16.0. The standard InChI is InChI=1S/C74H100O42/c1-25(29-15-7-11-27-9-3-5-13-31(27)29)65(97)99-23-39-63-47(87)55(95)73(107-39)113-61-37(21-79)103-69(51(91)43(61)83)109-57-33(17-75)102-68(50(90)42(57)82)112-60-36(20-78)106-72(54(94)46(60)86)116-64-40(24-100-66(98)26(2)30-16-8-12-28-10-4-6-14-32(28)30)108-74(56(96)48(64)88)114-62-38(22-80)104-70(52(92)44(62)84)110-58-34(18-76)101-67(49(89)41(58)81)111-59-35(19-77)105-71(115-63)53(93)45(59)85/h3-16,25-26,33-64,67-96H,17-24H2,1-2H3/t25-,26-,33-,34-,35-,36-,37-,38-,39-,40-,41-,42+,43-,44-,45-,46-,47-,48-,49-,50-,51-,52-,53-,54-,55-,56-,57-,58-,59-,60-,61-,62-,63-,64-,67-,68-,69-,70-,71-,72-,73-,74-/m1/s1. The van der Waals surface area contributed by atoms with E-state index in [9.17, 15) is 122 Å². The van der Waals surface area contributed by atoms with Gasteiger partial charge in [-0.1, -0.05) is 84.9 Å². The van der Waals surface area contributed by atoms with Crippen molar-refractivity contribution in [2.24, 2.45) is 0 Å². The molecule has 116 heavy (non-hydrogen) atoms. The van der Waals surface area contributed by atoms with Crippen LogP contribution < -0.4 is 0 Å². The summed E-state index contributed by atoms with van der Waals surface area (Å²) in [6.07, 6.45) is -85.2. The third-order valence-electron chi connectivity index (χ3n) is 22.6. The Kier molecular flexibility index (Phi) is 29.1. The second kappa shape index (κ2) is 38.1. The first-order valence-electron chi connectivity index (χ1n) is 37.8. The molecular weight excluding hydrogens is 1560 g/mol. The van der Waals surface area contributed by atoms with Crippen molar-refractivity contribution >= 4 is 33.5 Å². The number of aliphatic hydroxyl groups is 22. The molecule has 4 aromatic rings. The molecule has 30 fully saturated rings. The van der Waals surface area contributed by atoms with Gasteiger partial charge in [0.1, 0.15) is 209 Å². The Morgan fingerprint density at radius 3 is 0.647 bits per heavy atom. The van der Waals surface area contributed by atoms with Crippen LogP contribution in [-0.2, 0) is 94.9 Å². The Morgan fingerprint density at radius 2 is 0.440 bits per heavy atom. The SMILES string of the molecule is C[C@@H](C(=O)OC[C@H]1O[C@@H]2O[C@H]3[C@H](O)[C@@H](O)[C@@H](O[C@H]4[C@@H](O)[C@@H](O)[C@@H](O[C@H]5[C@H](O)[C@@H](O)[C@@H](O[C@H]6[C@H](O)[C@@H](O)[C@@H](O[C@H]7[C@H](O)[C@@H](O)[C@@H](O[C@H]8[C@H](O)[C@@H](O)[C@@H](O[C@H]9[C@H](O)[C@@H](O)[C@@H](O[C@H]1[C@H](O)[C@H]2O)O[C@@H]9CO)O[C@@H]8CO)O[C@@H]7CO)O[C@@H]6COC(=O)[C@H](C)c1cccc2ccccc12)O[C@@H]5CO)O[C@@H]4CO)O[C@@H]3CO)c1cccc2ccccc12. The molecule has 42 heteroatoms. The molecule has 42 nitrogen and oxygen atoms in total. The van der Waals surface area contributed by atoms with Crippen LogP contribution in [0.4, 0.5) is 0 Å². The zero-order valence-corrected chi connectivity index (χ0v) is 62.0. The van der Waals surface area contributed by atoms with Crippen molar-refractivity contribution in [3.8, 4) is 0 Å². The largest absolute Gasteiger partial charge is 0.462 e. The molecule has 30 aliphatic rings. The minimum atomic E-state index is -2.34. The lowest BCUT2D eigenvalue weighted by Gasteiger charge is -2.50. The summed E-state index contributed by atoms with van der Waals surface area (Å²) in [5.74, 6) is -3.83. The molecule has 0 saturated carbocycles. The van der Waals surface area contributed by atoms with Crippen LogP contribution in [0.25, 0.3) is 21.5 Å². The van der Waals surface area contributed by atoms with E-state index in [1.807, 2.05) is 0 Å². The molecule has 4 aromatic carbocycles. The molecule has 30 saturated heterocycles. The molecule has 0 aromatic heterocycles. The van der Waals surface area contributed by atoms with E-state index in [0.717, 1.165) is 10.8 Å². The number of carbonyl (C=O) groups is 2. The van der Waals surface area contributed by atoms with Crippen molar-refractivity contribution < 1.29 is 207 Å². The zero-order valence-electron chi connectivity index (χ0n) is 62.0. The number of hydrogen-bond acceptors (Lipinski definition) is 42. The molecule has 0 unspecified atom stereocenters. The Balaban J connectivity index is 0.788. The van der Waals surface area contributed by atoms with Gasteiger partial charge in [-0.2, -0.15) is 0 Å². The van der Waals surface area contributed by atoms with E-state index in [1.54, 1.807) is 84.9 Å². The van der Waals surface area contributed by atoms with Crippen molar-refractivity contribution in [2.45, 2.75) is 271 Å². The number of benzene rings is 4. The first-order chi connectivity index (χ1) is 55.5. The molecule has 34 rings (SSSR count). The molecule has 648 valence electrons. The number of esters is 2. The number of hydrogen-bond donors (Lipinski definition) is 22. The smallest absolute Gasteiger partial charge is 0.313 e. The highest BCUT2D eigenvalue weighted by Crippen LogP contribution is 2.41. The fourth-order valence-corrected chi connectivity index (χ4v) is 16.0. The van der Waals surface area contributed by atoms with Gasteiger partial charge < -0.3 is 198 Å². The second-order valence-corrected chi connectivity index (χ2v) is 29.9. The van der Waals surface area contributed by atoms with Gasteiger partial charge in [-0.15, -0.1) is 0 Å². The van der Waals surface area contributed by atoms with E-state index >= 15 is 0 Å². The predicted molar refractivity (Wildman–Crippen MR) is 374 cm³/mol. The van der Waals surface area contributed by atoms with Crippen LogP contribution in [0.3, 0.4) is 0 Å². The summed E-state index contributed by atoms with van der Waals surface area (Å²) in [4.78, 5) is 28.2. The maximum Gasteiger partial charge on any atom is 0.313 e. The van der Waals surface area contributed by atoms with Gasteiger partial charge in [-0.25, -0.2) is 0 Å². The highest BCUT2D eigenvalue weighted by atomic mass is 16.8. The Labute approximate surface area is 658 Å². The van der Waals surface area contributed by atoms with Crippen molar-refractivity contribution in [1.82, 2.24) is 0 Å². The molecule has 16 bridgehead atoms. The second-order valence-electron chi connectivity index (χ2n) is 29.9. The van der Waals surface area contributed by atoms with Crippen molar-refractivity contribution in [2.75, 3.05) is 52.9 Å². The summed E-state index contributed by atoms with van der Waals surface area (Å²) in [7, 11) is 0. The molecule has 30 aliphatic heterocycles. The topological polar surface area (TPSA) is 645 Å². The van der Waals surface area contributed by atoms with Gasteiger partial charge in [0.15, 0.2) is 50.3 Å². The zero-order chi connectivity index (χ0) is 83.2. The Hall–Kier alpha value is -5.18. The fraction of sp³-hybridized carbons (Fsp3) is 0.703. The van der Waals surface area contributed by atoms with Gasteiger partial charge in [0.05, 0.1) is 51.5 Å². The van der Waals surface area contributed by atoms with Crippen LogP contribution in [-0.4, -0.2) is 423 Å². The van der Waals surface area contributed by atoms with E-state index in [4.69, 9.17) is 85.3 Å². The number of ether oxygens (including phenoxy) is 18. The summed E-state index contributed by atoms with van der Waals surface area (Å²) < 4.78 is 107. The molecule has 22 N–H and O–H groups in total. The van der Waals surface area contributed by atoms with Crippen LogP contribution in [0.2, 0.25) is 0 Å². The first-order valence-corrected chi connectivity index (χ1v) is 37.8. The highest BCUT2D eigenvalue weighted by Gasteiger charge is 2.61. The summed E-state index contributed by atoms with van der Waals surface area (Å²) in [5, 5.41) is 257. The summed E-state index contributed by atoms with van der Waals surface area (Å²) >= 11 is 0. The average Bonchev–Trinajstić information content (AvgIpc) is 0.770. The third kappa shape index (κ3) is 17.8. The highest BCUT2D eigenvalue weighted by molar-refractivity contribution is 5.92. The van der Waals surface area contributed by atoms with E-state index in [2.05, 4.69) is 0 Å². The lowest BCUT2D eigenvalue weighted by molar-refractivity contribution is -0.404. The number of fused-ring (bicyclic) bond motifs is 2. The van der Waals surface area contributed by atoms with E-state index in [0.29, 0.717) is 21.9 Å². The summed E-state index contributed by atoms with van der Waals surface area (Å²) in [5.41, 5.74) is 1.02. The minimum Gasteiger partial charge on any atom is -0.462 e. The predicted octanol–water partition coefficient (Wildman–Crippen LogP) is -10.4. The number of carbonyl (C=O) groups excluding carboxylic acids is 2. The summed E-state index contributed by atoms with van der Waals surface area (Å²) in [6, 6.07) is 24.6. The third-order valence-corrected chi connectivity index (χ3v) is 22.6. The lowest BCUT2D eigenvalue weighted by Crippen LogP contribution is -2.69. The van der Waals surface area contributed by atoms with Gasteiger partial charge in [0.25, 0.3) is 0 Å². The molecule has 0 radical (unpaired) electrons. The van der Waals surface area contributed by atoms with Crippen LogP contribution in [0, 0.1) is 0 Å². The van der Waals surface area contributed by atoms with Gasteiger partial charge in [0.2, 0.25) is 0 Å². The van der Waals surface area contributed by atoms with Crippen molar-refractivity contribution in [3.63, 3.8) is 0 Å². The maximum absolute atomic E-state index is 14.1. The van der Waals surface area contributed by atoms with Crippen LogP contribution in [0.1, 0.15) is 36.8 Å². The quantitative estimate of drug-likeness (QED) is 0.0521.